The van der Waals surface area contributed by atoms with E-state index in [1.807, 2.05) is 24.2 Å². The standard InChI is InChI=1S/C17H22N6OS/c24-16(13-3-1-2-4-13)21-14-9-20-23(12-14)17-18-10-15(11-19-17)22-5-7-25-8-6-22/h9-13H,1-8H2,(H,21,24). The third-order valence-electron chi connectivity index (χ3n) is 4.78. The molecular formula is C17H22N6OS. The van der Waals surface area contributed by atoms with E-state index in [0.29, 0.717) is 11.6 Å². The normalized spacial score (nSPS) is 18.5. The van der Waals surface area contributed by atoms with Gasteiger partial charge in [-0.15, -0.1) is 0 Å². The molecule has 0 atom stereocenters. The van der Waals surface area contributed by atoms with E-state index in [0.717, 1.165) is 56.0 Å². The average molecular weight is 358 g/mol. The lowest BCUT2D eigenvalue weighted by atomic mass is 10.1. The van der Waals surface area contributed by atoms with E-state index in [1.165, 1.54) is 0 Å². The highest BCUT2D eigenvalue weighted by Crippen LogP contribution is 2.26. The van der Waals surface area contributed by atoms with Crippen LogP contribution in [0.5, 0.6) is 0 Å². The van der Waals surface area contributed by atoms with Crippen molar-refractivity contribution in [1.82, 2.24) is 19.7 Å². The molecule has 2 aliphatic rings. The zero-order chi connectivity index (χ0) is 17.1. The summed E-state index contributed by atoms with van der Waals surface area (Å²) in [5, 5.41) is 7.22. The van der Waals surface area contributed by atoms with Crippen LogP contribution in [-0.2, 0) is 4.79 Å². The summed E-state index contributed by atoms with van der Waals surface area (Å²) in [5.74, 6) is 3.03. The van der Waals surface area contributed by atoms with E-state index in [2.05, 4.69) is 25.3 Å². The third kappa shape index (κ3) is 3.78. The first-order valence-corrected chi connectivity index (χ1v) is 9.96. The topological polar surface area (TPSA) is 75.9 Å². The molecule has 2 fully saturated rings. The Morgan fingerprint density at radius 3 is 2.56 bits per heavy atom. The van der Waals surface area contributed by atoms with Crippen molar-refractivity contribution < 1.29 is 4.79 Å². The molecule has 1 saturated heterocycles. The monoisotopic (exact) mass is 358 g/mol. The van der Waals surface area contributed by atoms with E-state index in [4.69, 9.17) is 0 Å². The number of carbonyl (C=O) groups is 1. The lowest BCUT2D eigenvalue weighted by Crippen LogP contribution is -2.32. The van der Waals surface area contributed by atoms with Crippen LogP contribution in [0.25, 0.3) is 5.95 Å². The summed E-state index contributed by atoms with van der Waals surface area (Å²) < 4.78 is 1.60. The molecule has 1 amide bonds. The van der Waals surface area contributed by atoms with Gasteiger partial charge in [0.05, 0.1) is 36.2 Å². The number of nitrogens with one attached hydrogen (secondary N) is 1. The summed E-state index contributed by atoms with van der Waals surface area (Å²) in [6.45, 7) is 2.07. The molecule has 2 aromatic rings. The van der Waals surface area contributed by atoms with E-state index < -0.39 is 0 Å². The van der Waals surface area contributed by atoms with Crippen LogP contribution in [-0.4, -0.2) is 50.3 Å². The maximum atomic E-state index is 12.2. The molecule has 132 valence electrons. The van der Waals surface area contributed by atoms with Gasteiger partial charge in [-0.25, -0.2) is 14.6 Å². The van der Waals surface area contributed by atoms with Crippen LogP contribution >= 0.6 is 11.8 Å². The van der Waals surface area contributed by atoms with Gasteiger partial charge >= 0.3 is 0 Å². The van der Waals surface area contributed by atoms with Crippen molar-refractivity contribution >= 4 is 29.0 Å². The maximum Gasteiger partial charge on any atom is 0.250 e. The molecule has 0 aromatic carbocycles. The Balaban J connectivity index is 1.41. The molecule has 4 rings (SSSR count). The number of carbonyl (C=O) groups excluding carboxylic acids is 1. The van der Waals surface area contributed by atoms with Crippen LogP contribution < -0.4 is 10.2 Å². The Morgan fingerprint density at radius 1 is 1.12 bits per heavy atom. The van der Waals surface area contributed by atoms with Crippen LogP contribution in [0.2, 0.25) is 0 Å². The van der Waals surface area contributed by atoms with Crippen LogP contribution in [0.15, 0.2) is 24.8 Å². The highest BCUT2D eigenvalue weighted by molar-refractivity contribution is 7.99. The first-order valence-electron chi connectivity index (χ1n) is 8.80. The molecule has 0 bridgehead atoms. The zero-order valence-electron chi connectivity index (χ0n) is 14.1. The molecule has 8 heteroatoms. The Labute approximate surface area is 151 Å². The number of aromatic nitrogens is 4. The molecule has 0 radical (unpaired) electrons. The Hall–Kier alpha value is -2.09. The Kier molecular flexibility index (Phi) is 4.87. The molecule has 0 unspecified atom stereocenters. The highest BCUT2D eigenvalue weighted by Gasteiger charge is 2.23. The highest BCUT2D eigenvalue weighted by atomic mass is 32.2. The number of hydrogen-bond donors (Lipinski definition) is 1. The average Bonchev–Trinajstić information content (AvgIpc) is 3.35. The van der Waals surface area contributed by atoms with Gasteiger partial charge in [0.25, 0.3) is 5.95 Å². The van der Waals surface area contributed by atoms with Crippen molar-refractivity contribution in [3.8, 4) is 5.95 Å². The Morgan fingerprint density at radius 2 is 1.84 bits per heavy atom. The molecule has 1 N–H and O–H groups in total. The van der Waals surface area contributed by atoms with Crippen molar-refractivity contribution in [2.45, 2.75) is 25.7 Å². The summed E-state index contributed by atoms with van der Waals surface area (Å²) in [6, 6.07) is 0. The molecule has 3 heterocycles. The molecule has 2 aromatic heterocycles. The van der Waals surface area contributed by atoms with Gasteiger partial charge in [0, 0.05) is 30.5 Å². The van der Waals surface area contributed by atoms with Crippen molar-refractivity contribution in [3.05, 3.63) is 24.8 Å². The van der Waals surface area contributed by atoms with Gasteiger partial charge in [0.1, 0.15) is 0 Å². The lowest BCUT2D eigenvalue weighted by molar-refractivity contribution is -0.119. The van der Waals surface area contributed by atoms with Crippen LogP contribution in [0.3, 0.4) is 0 Å². The first-order chi connectivity index (χ1) is 12.3. The summed E-state index contributed by atoms with van der Waals surface area (Å²) >= 11 is 1.98. The van der Waals surface area contributed by atoms with Gasteiger partial charge in [0.2, 0.25) is 5.91 Å². The van der Waals surface area contributed by atoms with E-state index in [1.54, 1.807) is 17.1 Å². The van der Waals surface area contributed by atoms with Crippen molar-refractivity contribution in [1.29, 1.82) is 0 Å². The quantitative estimate of drug-likeness (QED) is 0.904. The van der Waals surface area contributed by atoms with Gasteiger partial charge in [-0.1, -0.05) is 12.8 Å². The number of amides is 1. The molecule has 0 spiro atoms. The minimum absolute atomic E-state index is 0.0938. The second kappa shape index (κ2) is 7.43. The number of thioether (sulfide) groups is 1. The summed E-state index contributed by atoms with van der Waals surface area (Å²) in [6.07, 6.45) is 11.4. The summed E-state index contributed by atoms with van der Waals surface area (Å²) in [5.41, 5.74) is 1.74. The molecule has 1 aliphatic carbocycles. The largest absolute Gasteiger partial charge is 0.367 e. The van der Waals surface area contributed by atoms with Gasteiger partial charge in [-0.3, -0.25) is 4.79 Å². The smallest absolute Gasteiger partial charge is 0.250 e. The van der Waals surface area contributed by atoms with E-state index in [9.17, 15) is 4.79 Å². The number of anilines is 2. The third-order valence-corrected chi connectivity index (χ3v) is 5.72. The van der Waals surface area contributed by atoms with E-state index in [-0.39, 0.29) is 11.8 Å². The van der Waals surface area contributed by atoms with Gasteiger partial charge in [-0.2, -0.15) is 16.9 Å². The summed E-state index contributed by atoms with van der Waals surface area (Å²) in [4.78, 5) is 23.3. The van der Waals surface area contributed by atoms with Crippen molar-refractivity contribution in [2.24, 2.45) is 5.92 Å². The molecule has 7 nitrogen and oxygen atoms in total. The zero-order valence-corrected chi connectivity index (χ0v) is 14.9. The van der Waals surface area contributed by atoms with Gasteiger partial charge in [0.15, 0.2) is 0 Å². The fourth-order valence-electron chi connectivity index (χ4n) is 3.35. The molecule has 1 aliphatic heterocycles. The molecule has 25 heavy (non-hydrogen) atoms. The van der Waals surface area contributed by atoms with Gasteiger partial charge < -0.3 is 10.2 Å². The number of hydrogen-bond acceptors (Lipinski definition) is 6. The lowest BCUT2D eigenvalue weighted by Gasteiger charge is -2.27. The number of rotatable bonds is 4. The Bertz CT molecular complexity index is 719. The van der Waals surface area contributed by atoms with Crippen LogP contribution in [0.1, 0.15) is 25.7 Å². The summed E-state index contributed by atoms with van der Waals surface area (Å²) in [7, 11) is 0. The fourth-order valence-corrected chi connectivity index (χ4v) is 4.25. The molecular weight excluding hydrogens is 336 g/mol. The minimum Gasteiger partial charge on any atom is -0.367 e. The van der Waals surface area contributed by atoms with Crippen LogP contribution in [0.4, 0.5) is 11.4 Å². The van der Waals surface area contributed by atoms with E-state index >= 15 is 0 Å². The van der Waals surface area contributed by atoms with Crippen molar-refractivity contribution in [2.75, 3.05) is 34.8 Å². The predicted octanol–water partition coefficient (Wildman–Crippen LogP) is 2.34. The minimum atomic E-state index is 0.0938. The van der Waals surface area contributed by atoms with Crippen LogP contribution in [0, 0.1) is 5.92 Å². The fraction of sp³-hybridized carbons (Fsp3) is 0.529. The maximum absolute atomic E-state index is 12.2. The van der Waals surface area contributed by atoms with Gasteiger partial charge in [-0.05, 0) is 12.8 Å². The molecule has 1 saturated carbocycles. The second-order valence-corrected chi connectivity index (χ2v) is 7.71. The first kappa shape index (κ1) is 16.4. The predicted molar refractivity (Wildman–Crippen MR) is 99.3 cm³/mol. The SMILES string of the molecule is O=C(Nc1cnn(-c2ncc(N3CCSCC3)cn2)c1)C1CCCC1. The second-order valence-electron chi connectivity index (χ2n) is 6.48. The number of nitrogens with zero attached hydrogens (tertiary/aromatic N) is 5. The van der Waals surface area contributed by atoms with Crippen molar-refractivity contribution in [3.63, 3.8) is 0 Å².